The van der Waals surface area contributed by atoms with Gasteiger partial charge in [-0.2, -0.15) is 0 Å². The van der Waals surface area contributed by atoms with Crippen LogP contribution >= 0.6 is 35.0 Å². The van der Waals surface area contributed by atoms with E-state index in [2.05, 4.69) is 17.1 Å². The van der Waals surface area contributed by atoms with E-state index in [1.54, 1.807) is 16.7 Å². The number of hydrogen-bond acceptors (Lipinski definition) is 3. The first-order chi connectivity index (χ1) is 9.63. The molecule has 1 heterocycles. The monoisotopic (exact) mass is 331 g/mol. The predicted octanol–water partition coefficient (Wildman–Crippen LogP) is 3.97. The predicted molar refractivity (Wildman–Crippen MR) is 83.8 cm³/mol. The molecule has 1 aromatic carbocycles. The van der Waals surface area contributed by atoms with Gasteiger partial charge in [0.25, 0.3) is 0 Å². The summed E-state index contributed by atoms with van der Waals surface area (Å²) >= 11 is 13.7. The Morgan fingerprint density at radius 2 is 2.05 bits per heavy atom. The minimum Gasteiger partial charge on any atom is -0.270 e. The minimum atomic E-state index is -0.175. The Bertz CT molecular complexity index is 619. The Morgan fingerprint density at radius 3 is 2.70 bits per heavy atom. The highest BCUT2D eigenvalue weighted by atomic mass is 35.5. The molecule has 1 N–H and O–H groups in total. The Hall–Kier alpha value is -0.910. The quantitative estimate of drug-likeness (QED) is 0.815. The molecule has 7 heteroatoms. The molecule has 0 aliphatic rings. The van der Waals surface area contributed by atoms with Gasteiger partial charge in [-0.3, -0.25) is 4.57 Å². The van der Waals surface area contributed by atoms with Gasteiger partial charge < -0.3 is 0 Å². The van der Waals surface area contributed by atoms with E-state index < -0.39 is 0 Å². The number of aromatic amines is 1. The minimum absolute atomic E-state index is 0.175. The molecule has 20 heavy (non-hydrogen) atoms. The van der Waals surface area contributed by atoms with E-state index in [9.17, 15) is 4.79 Å². The zero-order chi connectivity index (χ0) is 14.5. The molecule has 1 aromatic heterocycles. The highest BCUT2D eigenvalue weighted by Gasteiger charge is 2.11. The van der Waals surface area contributed by atoms with Crippen LogP contribution in [0.25, 0.3) is 0 Å². The van der Waals surface area contributed by atoms with Crippen molar-refractivity contribution < 1.29 is 0 Å². The van der Waals surface area contributed by atoms with Crippen LogP contribution in [0.1, 0.15) is 25.3 Å². The smallest absolute Gasteiger partial charge is 0.270 e. The van der Waals surface area contributed by atoms with Gasteiger partial charge in [-0.1, -0.05) is 54.4 Å². The van der Waals surface area contributed by atoms with Gasteiger partial charge in [0.1, 0.15) is 0 Å². The number of rotatable bonds is 6. The van der Waals surface area contributed by atoms with Crippen LogP contribution in [0.3, 0.4) is 0 Å². The Morgan fingerprint density at radius 1 is 1.35 bits per heavy atom. The van der Waals surface area contributed by atoms with Gasteiger partial charge in [0.2, 0.25) is 0 Å². The van der Waals surface area contributed by atoms with Crippen LogP contribution < -0.4 is 5.69 Å². The average Bonchev–Trinajstić information content (AvgIpc) is 2.77. The summed E-state index contributed by atoms with van der Waals surface area (Å²) in [7, 11) is 0. The number of hydrogen-bond donors (Lipinski definition) is 1. The molecule has 108 valence electrons. The average molecular weight is 332 g/mol. The maximum Gasteiger partial charge on any atom is 0.343 e. The van der Waals surface area contributed by atoms with Gasteiger partial charge in [0, 0.05) is 22.3 Å². The number of halogens is 2. The standard InChI is InChI=1S/C13H15Cl2N3OS/c1-2-3-7-18-12(19)16-17-13(18)20-8-9-10(14)5-4-6-11(9)15/h4-6H,2-3,7-8H2,1H3,(H,16,19). The largest absolute Gasteiger partial charge is 0.343 e. The molecule has 2 rings (SSSR count). The summed E-state index contributed by atoms with van der Waals surface area (Å²) < 4.78 is 1.65. The molecule has 0 amide bonds. The van der Waals surface area contributed by atoms with Gasteiger partial charge in [0.15, 0.2) is 5.16 Å². The first-order valence-corrected chi connectivity index (χ1v) is 8.08. The molecule has 0 saturated heterocycles. The summed E-state index contributed by atoms with van der Waals surface area (Å²) in [5.41, 5.74) is 0.685. The fourth-order valence-corrected chi connectivity index (χ4v) is 3.45. The molecule has 0 atom stereocenters. The van der Waals surface area contributed by atoms with Crippen LogP contribution in [0, 0.1) is 0 Å². The molecule has 2 aromatic rings. The van der Waals surface area contributed by atoms with E-state index in [1.807, 2.05) is 6.07 Å². The number of thioether (sulfide) groups is 1. The van der Waals surface area contributed by atoms with E-state index in [1.165, 1.54) is 11.8 Å². The SMILES string of the molecule is CCCCn1c(SCc2c(Cl)cccc2Cl)n[nH]c1=O. The normalized spacial score (nSPS) is 10.9. The molecule has 0 aliphatic carbocycles. The van der Waals surface area contributed by atoms with Crippen LogP contribution in [0.4, 0.5) is 0 Å². The molecular formula is C13H15Cl2N3OS. The van der Waals surface area contributed by atoms with Gasteiger partial charge >= 0.3 is 5.69 Å². The third-order valence-electron chi connectivity index (χ3n) is 2.87. The lowest BCUT2D eigenvalue weighted by Crippen LogP contribution is -2.17. The molecule has 0 radical (unpaired) electrons. The van der Waals surface area contributed by atoms with Crippen LogP contribution in [-0.4, -0.2) is 14.8 Å². The lowest BCUT2D eigenvalue weighted by atomic mass is 10.2. The van der Waals surface area contributed by atoms with Gasteiger partial charge in [-0.15, -0.1) is 5.10 Å². The highest BCUT2D eigenvalue weighted by Crippen LogP contribution is 2.30. The highest BCUT2D eigenvalue weighted by molar-refractivity contribution is 7.98. The number of benzene rings is 1. The van der Waals surface area contributed by atoms with E-state index in [0.29, 0.717) is 27.5 Å². The second-order valence-corrected chi connectivity index (χ2v) is 6.06. The third-order valence-corrected chi connectivity index (χ3v) is 4.58. The van der Waals surface area contributed by atoms with Crippen LogP contribution in [0.15, 0.2) is 28.2 Å². The van der Waals surface area contributed by atoms with Crippen molar-refractivity contribution in [2.24, 2.45) is 0 Å². The molecule has 0 saturated carbocycles. The van der Waals surface area contributed by atoms with Crippen molar-refractivity contribution in [3.63, 3.8) is 0 Å². The molecule has 0 aliphatic heterocycles. The number of aromatic nitrogens is 3. The van der Waals surface area contributed by atoms with Gasteiger partial charge in [0.05, 0.1) is 0 Å². The molecule has 0 unspecified atom stereocenters. The molecule has 0 bridgehead atoms. The molecule has 4 nitrogen and oxygen atoms in total. The lowest BCUT2D eigenvalue weighted by molar-refractivity contribution is 0.573. The molecular weight excluding hydrogens is 317 g/mol. The summed E-state index contributed by atoms with van der Waals surface area (Å²) in [6.07, 6.45) is 1.97. The summed E-state index contributed by atoms with van der Waals surface area (Å²) in [6, 6.07) is 5.42. The Kier molecular flexibility index (Phi) is 5.57. The van der Waals surface area contributed by atoms with Crippen molar-refractivity contribution in [1.82, 2.24) is 14.8 Å². The molecule has 0 spiro atoms. The van der Waals surface area contributed by atoms with Crippen LogP contribution in [0.2, 0.25) is 10.0 Å². The van der Waals surface area contributed by atoms with Crippen LogP contribution in [0.5, 0.6) is 0 Å². The fourth-order valence-electron chi connectivity index (χ4n) is 1.73. The van der Waals surface area contributed by atoms with E-state index in [4.69, 9.17) is 23.2 Å². The maximum atomic E-state index is 11.7. The van der Waals surface area contributed by atoms with E-state index in [0.717, 1.165) is 18.4 Å². The van der Waals surface area contributed by atoms with Crippen molar-refractivity contribution in [3.8, 4) is 0 Å². The van der Waals surface area contributed by atoms with E-state index in [-0.39, 0.29) is 5.69 Å². The number of nitrogens with one attached hydrogen (secondary N) is 1. The van der Waals surface area contributed by atoms with Gasteiger partial charge in [-0.05, 0) is 24.1 Å². The summed E-state index contributed by atoms with van der Waals surface area (Å²) in [4.78, 5) is 11.7. The van der Waals surface area contributed by atoms with Crippen molar-refractivity contribution in [2.75, 3.05) is 0 Å². The van der Waals surface area contributed by atoms with Crippen LogP contribution in [-0.2, 0) is 12.3 Å². The second kappa shape index (κ2) is 7.20. The first-order valence-electron chi connectivity index (χ1n) is 6.34. The third kappa shape index (κ3) is 3.59. The Balaban J connectivity index is 2.13. The number of H-pyrrole nitrogens is 1. The number of nitrogens with zero attached hydrogens (tertiary/aromatic N) is 2. The van der Waals surface area contributed by atoms with Crippen molar-refractivity contribution in [2.45, 2.75) is 37.2 Å². The lowest BCUT2D eigenvalue weighted by Gasteiger charge is -2.07. The van der Waals surface area contributed by atoms with Crippen molar-refractivity contribution >= 4 is 35.0 Å². The summed E-state index contributed by atoms with van der Waals surface area (Å²) in [6.45, 7) is 2.76. The first kappa shape index (κ1) is 15.5. The van der Waals surface area contributed by atoms with Crippen molar-refractivity contribution in [3.05, 3.63) is 44.3 Å². The zero-order valence-electron chi connectivity index (χ0n) is 11.0. The molecule has 0 fully saturated rings. The van der Waals surface area contributed by atoms with Crippen molar-refractivity contribution in [1.29, 1.82) is 0 Å². The summed E-state index contributed by atoms with van der Waals surface area (Å²) in [5.74, 6) is 0.578. The maximum absolute atomic E-state index is 11.7. The van der Waals surface area contributed by atoms with Gasteiger partial charge in [-0.25, -0.2) is 9.89 Å². The topological polar surface area (TPSA) is 50.7 Å². The Labute approximate surface area is 131 Å². The summed E-state index contributed by atoms with van der Waals surface area (Å²) in [5, 5.41) is 8.45. The fraction of sp³-hybridized carbons (Fsp3) is 0.385. The zero-order valence-corrected chi connectivity index (χ0v) is 13.4. The second-order valence-electron chi connectivity index (χ2n) is 4.31. The van der Waals surface area contributed by atoms with E-state index >= 15 is 0 Å². The number of unbranched alkanes of at least 4 members (excludes halogenated alkanes) is 1.